The van der Waals surface area contributed by atoms with Gasteiger partial charge >= 0.3 is 0 Å². The van der Waals surface area contributed by atoms with Gasteiger partial charge in [0.1, 0.15) is 0 Å². The third kappa shape index (κ3) is 2.58. The standard InChI is InChI=1S/C11H17N3O/c1-8-2-4-9(5-3-8)11(15)14-10-6-12-13-7-10/h6-9H,2-5H2,1H3,(H,12,13)(H,14,15). The largest absolute Gasteiger partial charge is 0.323 e. The number of anilines is 1. The van der Waals surface area contributed by atoms with E-state index in [1.165, 1.54) is 12.8 Å². The first-order valence-electron chi connectivity index (χ1n) is 5.55. The van der Waals surface area contributed by atoms with Gasteiger partial charge in [-0.05, 0) is 31.6 Å². The van der Waals surface area contributed by atoms with Gasteiger partial charge < -0.3 is 5.32 Å². The fraction of sp³-hybridized carbons (Fsp3) is 0.636. The number of hydrogen-bond donors (Lipinski definition) is 2. The molecule has 1 amide bonds. The number of nitrogens with one attached hydrogen (secondary N) is 2. The lowest BCUT2D eigenvalue weighted by Crippen LogP contribution is -2.26. The minimum Gasteiger partial charge on any atom is -0.323 e. The van der Waals surface area contributed by atoms with Crippen molar-refractivity contribution in [2.75, 3.05) is 5.32 Å². The molecule has 1 heterocycles. The Morgan fingerprint density at radius 1 is 1.47 bits per heavy atom. The predicted molar refractivity (Wildman–Crippen MR) is 58.3 cm³/mol. The average Bonchev–Trinajstić information content (AvgIpc) is 2.71. The number of carbonyl (C=O) groups is 1. The quantitative estimate of drug-likeness (QED) is 0.780. The molecule has 1 saturated carbocycles. The van der Waals surface area contributed by atoms with E-state index < -0.39 is 0 Å². The van der Waals surface area contributed by atoms with Crippen molar-refractivity contribution in [3.05, 3.63) is 12.4 Å². The number of amides is 1. The first-order chi connectivity index (χ1) is 7.25. The maximum absolute atomic E-state index is 11.8. The molecule has 2 rings (SSSR count). The molecule has 0 bridgehead atoms. The van der Waals surface area contributed by atoms with Crippen molar-refractivity contribution in [2.24, 2.45) is 11.8 Å². The molecule has 2 N–H and O–H groups in total. The Morgan fingerprint density at radius 2 is 2.20 bits per heavy atom. The number of carbonyl (C=O) groups excluding carboxylic acids is 1. The maximum atomic E-state index is 11.8. The zero-order chi connectivity index (χ0) is 10.7. The highest BCUT2D eigenvalue weighted by molar-refractivity contribution is 5.92. The molecule has 1 aliphatic rings. The third-order valence-electron chi connectivity index (χ3n) is 3.15. The topological polar surface area (TPSA) is 57.8 Å². The van der Waals surface area contributed by atoms with Gasteiger partial charge in [-0.25, -0.2) is 0 Å². The van der Waals surface area contributed by atoms with E-state index in [1.807, 2.05) is 0 Å². The first kappa shape index (κ1) is 10.2. The summed E-state index contributed by atoms with van der Waals surface area (Å²) in [6.07, 6.45) is 7.70. The summed E-state index contributed by atoms with van der Waals surface area (Å²) >= 11 is 0. The lowest BCUT2D eigenvalue weighted by Gasteiger charge is -2.24. The number of nitrogens with zero attached hydrogens (tertiary/aromatic N) is 1. The molecule has 0 radical (unpaired) electrons. The Labute approximate surface area is 89.5 Å². The Bertz CT molecular complexity index is 313. The Hall–Kier alpha value is -1.32. The van der Waals surface area contributed by atoms with Crippen molar-refractivity contribution in [1.29, 1.82) is 0 Å². The lowest BCUT2D eigenvalue weighted by molar-refractivity contribution is -0.121. The van der Waals surface area contributed by atoms with Crippen LogP contribution in [-0.2, 0) is 4.79 Å². The van der Waals surface area contributed by atoms with Gasteiger partial charge in [-0.15, -0.1) is 0 Å². The summed E-state index contributed by atoms with van der Waals surface area (Å²) in [6, 6.07) is 0. The normalized spacial score (nSPS) is 26.2. The summed E-state index contributed by atoms with van der Waals surface area (Å²) in [5.74, 6) is 1.11. The van der Waals surface area contributed by atoms with Crippen LogP contribution in [-0.4, -0.2) is 16.1 Å². The molecule has 0 saturated heterocycles. The number of H-pyrrole nitrogens is 1. The second-order valence-corrected chi connectivity index (χ2v) is 4.43. The van der Waals surface area contributed by atoms with Crippen molar-refractivity contribution in [2.45, 2.75) is 32.6 Å². The van der Waals surface area contributed by atoms with Gasteiger partial charge in [0.2, 0.25) is 5.91 Å². The number of hydrogen-bond acceptors (Lipinski definition) is 2. The van der Waals surface area contributed by atoms with Crippen molar-refractivity contribution in [3.8, 4) is 0 Å². The summed E-state index contributed by atoms with van der Waals surface area (Å²) in [5.41, 5.74) is 0.763. The highest BCUT2D eigenvalue weighted by Gasteiger charge is 2.24. The van der Waals surface area contributed by atoms with Crippen LogP contribution in [0.25, 0.3) is 0 Å². The van der Waals surface area contributed by atoms with Crippen molar-refractivity contribution in [1.82, 2.24) is 10.2 Å². The van der Waals surface area contributed by atoms with Gasteiger partial charge in [0, 0.05) is 12.1 Å². The first-order valence-corrected chi connectivity index (χ1v) is 5.55. The van der Waals surface area contributed by atoms with E-state index in [1.54, 1.807) is 12.4 Å². The van der Waals surface area contributed by atoms with E-state index in [4.69, 9.17) is 0 Å². The van der Waals surface area contributed by atoms with Crippen LogP contribution in [0.1, 0.15) is 32.6 Å². The Morgan fingerprint density at radius 3 is 2.80 bits per heavy atom. The third-order valence-corrected chi connectivity index (χ3v) is 3.15. The van der Waals surface area contributed by atoms with Gasteiger partial charge in [-0.2, -0.15) is 5.10 Å². The summed E-state index contributed by atoms with van der Waals surface area (Å²) in [4.78, 5) is 11.8. The van der Waals surface area contributed by atoms with E-state index in [-0.39, 0.29) is 11.8 Å². The van der Waals surface area contributed by atoms with Crippen LogP contribution in [0.4, 0.5) is 5.69 Å². The summed E-state index contributed by atoms with van der Waals surface area (Å²) < 4.78 is 0. The molecule has 0 atom stereocenters. The molecular formula is C11H17N3O. The smallest absolute Gasteiger partial charge is 0.227 e. The molecule has 4 heteroatoms. The van der Waals surface area contributed by atoms with Gasteiger partial charge in [0.25, 0.3) is 0 Å². The van der Waals surface area contributed by atoms with E-state index in [2.05, 4.69) is 22.4 Å². The number of rotatable bonds is 2. The molecule has 0 aliphatic heterocycles. The summed E-state index contributed by atoms with van der Waals surface area (Å²) in [7, 11) is 0. The van der Waals surface area contributed by atoms with Crippen LogP contribution < -0.4 is 5.32 Å². The molecule has 1 aliphatic carbocycles. The van der Waals surface area contributed by atoms with Crippen LogP contribution in [0, 0.1) is 11.8 Å². The van der Waals surface area contributed by atoms with Crippen molar-refractivity contribution < 1.29 is 4.79 Å². The van der Waals surface area contributed by atoms with Crippen LogP contribution in [0.3, 0.4) is 0 Å². The zero-order valence-corrected chi connectivity index (χ0v) is 8.99. The van der Waals surface area contributed by atoms with Gasteiger partial charge in [0.05, 0.1) is 11.9 Å². The Balaban J connectivity index is 1.86. The number of aromatic nitrogens is 2. The molecule has 0 aromatic carbocycles. The molecule has 82 valence electrons. The van der Waals surface area contributed by atoms with Crippen LogP contribution in [0.15, 0.2) is 12.4 Å². The molecule has 1 fully saturated rings. The SMILES string of the molecule is CC1CCC(C(=O)Nc2cn[nH]c2)CC1. The molecule has 1 aromatic heterocycles. The fourth-order valence-corrected chi connectivity index (χ4v) is 2.09. The van der Waals surface area contributed by atoms with E-state index in [0.717, 1.165) is 24.4 Å². The highest BCUT2D eigenvalue weighted by Crippen LogP contribution is 2.28. The van der Waals surface area contributed by atoms with E-state index >= 15 is 0 Å². The monoisotopic (exact) mass is 207 g/mol. The Kier molecular flexibility index (Phi) is 3.04. The second-order valence-electron chi connectivity index (χ2n) is 4.43. The van der Waals surface area contributed by atoms with Crippen LogP contribution in [0.2, 0.25) is 0 Å². The summed E-state index contributed by atoms with van der Waals surface area (Å²) in [6.45, 7) is 2.25. The predicted octanol–water partition coefficient (Wildman–Crippen LogP) is 2.17. The molecule has 1 aromatic rings. The van der Waals surface area contributed by atoms with Gasteiger partial charge in [-0.1, -0.05) is 6.92 Å². The van der Waals surface area contributed by atoms with Crippen molar-refractivity contribution >= 4 is 11.6 Å². The molecular weight excluding hydrogens is 190 g/mol. The van der Waals surface area contributed by atoms with Gasteiger partial charge in [0.15, 0.2) is 0 Å². The average molecular weight is 207 g/mol. The number of aromatic amines is 1. The highest BCUT2D eigenvalue weighted by atomic mass is 16.1. The molecule has 0 spiro atoms. The van der Waals surface area contributed by atoms with E-state index in [9.17, 15) is 4.79 Å². The van der Waals surface area contributed by atoms with Gasteiger partial charge in [-0.3, -0.25) is 9.89 Å². The lowest BCUT2D eigenvalue weighted by atomic mass is 9.82. The minimum atomic E-state index is 0.142. The maximum Gasteiger partial charge on any atom is 0.227 e. The molecule has 0 unspecified atom stereocenters. The zero-order valence-electron chi connectivity index (χ0n) is 8.99. The van der Waals surface area contributed by atoms with E-state index in [0.29, 0.717) is 0 Å². The van der Waals surface area contributed by atoms with Crippen molar-refractivity contribution in [3.63, 3.8) is 0 Å². The summed E-state index contributed by atoms with van der Waals surface area (Å²) in [5, 5.41) is 9.35. The minimum absolute atomic E-state index is 0.142. The fourth-order valence-electron chi connectivity index (χ4n) is 2.09. The van der Waals surface area contributed by atoms with Crippen LogP contribution in [0.5, 0.6) is 0 Å². The molecule has 15 heavy (non-hydrogen) atoms. The molecule has 4 nitrogen and oxygen atoms in total. The van der Waals surface area contributed by atoms with Crippen LogP contribution >= 0.6 is 0 Å². The second kappa shape index (κ2) is 4.47.